The van der Waals surface area contributed by atoms with Gasteiger partial charge in [0.15, 0.2) is 0 Å². The van der Waals surface area contributed by atoms with E-state index in [-0.39, 0.29) is 5.78 Å². The zero-order valence-corrected chi connectivity index (χ0v) is 11.4. The number of hydrogen-bond acceptors (Lipinski definition) is 1. The molecule has 2 rings (SSSR count). The van der Waals surface area contributed by atoms with Crippen LogP contribution in [0.15, 0.2) is 38.4 Å². The molecular formula is C11H9IOSe. The zero-order chi connectivity index (χ0) is 9.97. The van der Waals surface area contributed by atoms with Gasteiger partial charge in [0.2, 0.25) is 0 Å². The first-order valence-corrected chi connectivity index (χ1v) is 7.55. The number of carbonyl (C=O) groups excluding carboxylic acids is 1. The standard InChI is InChI=1S/C11H9IOSe/c12-9-6-7-14-11(9)10(13)8-4-2-1-3-5-8/h1-5H,6-7H2. The Morgan fingerprint density at radius 1 is 1.29 bits per heavy atom. The van der Waals surface area contributed by atoms with Gasteiger partial charge >= 0.3 is 104 Å². The van der Waals surface area contributed by atoms with Crippen molar-refractivity contribution < 1.29 is 4.79 Å². The van der Waals surface area contributed by atoms with Crippen LogP contribution in [0.5, 0.6) is 0 Å². The summed E-state index contributed by atoms with van der Waals surface area (Å²) >= 11 is 2.72. The fourth-order valence-corrected chi connectivity index (χ4v) is 5.63. The van der Waals surface area contributed by atoms with Gasteiger partial charge in [-0.3, -0.25) is 0 Å². The minimum atomic E-state index is 0.243. The summed E-state index contributed by atoms with van der Waals surface area (Å²) in [6.45, 7) is 0. The van der Waals surface area contributed by atoms with Crippen molar-refractivity contribution >= 4 is 43.3 Å². The van der Waals surface area contributed by atoms with Crippen molar-refractivity contribution in [2.45, 2.75) is 11.7 Å². The second kappa shape index (κ2) is 4.60. The molecule has 0 bridgehead atoms. The Kier molecular flexibility index (Phi) is 3.42. The molecule has 0 atom stereocenters. The molecule has 1 nitrogen and oxygen atoms in total. The van der Waals surface area contributed by atoms with Crippen LogP contribution in [-0.2, 0) is 0 Å². The van der Waals surface area contributed by atoms with E-state index in [2.05, 4.69) is 22.6 Å². The third kappa shape index (κ3) is 2.10. The van der Waals surface area contributed by atoms with Gasteiger partial charge in [-0.2, -0.15) is 0 Å². The molecule has 0 saturated carbocycles. The topological polar surface area (TPSA) is 17.1 Å². The number of allylic oxidation sites excluding steroid dienone is 2. The van der Waals surface area contributed by atoms with Crippen LogP contribution in [-0.4, -0.2) is 20.7 Å². The van der Waals surface area contributed by atoms with Crippen molar-refractivity contribution in [3.63, 3.8) is 0 Å². The van der Waals surface area contributed by atoms with Crippen molar-refractivity contribution in [2.24, 2.45) is 0 Å². The van der Waals surface area contributed by atoms with E-state index < -0.39 is 0 Å². The van der Waals surface area contributed by atoms with E-state index in [1.807, 2.05) is 30.3 Å². The van der Waals surface area contributed by atoms with Crippen molar-refractivity contribution in [3.8, 4) is 0 Å². The van der Waals surface area contributed by atoms with Gasteiger partial charge in [-0.05, 0) is 0 Å². The zero-order valence-electron chi connectivity index (χ0n) is 7.50. The van der Waals surface area contributed by atoms with E-state index >= 15 is 0 Å². The fourth-order valence-electron chi connectivity index (χ4n) is 1.34. The SMILES string of the molecule is O=C(C1=C(I)CC[Se]1)c1ccccc1. The molecule has 0 N–H and O–H groups in total. The Hall–Kier alpha value is -0.121. The van der Waals surface area contributed by atoms with E-state index in [1.165, 1.54) is 8.90 Å². The van der Waals surface area contributed by atoms with Gasteiger partial charge in [0.05, 0.1) is 0 Å². The van der Waals surface area contributed by atoms with Crippen LogP contribution in [0.25, 0.3) is 0 Å². The van der Waals surface area contributed by atoms with E-state index in [9.17, 15) is 4.79 Å². The molecule has 1 aliphatic rings. The number of ketones is 1. The van der Waals surface area contributed by atoms with Crippen molar-refractivity contribution in [2.75, 3.05) is 0 Å². The maximum absolute atomic E-state index is 12.0. The second-order valence-electron chi connectivity index (χ2n) is 3.03. The number of halogens is 1. The van der Waals surface area contributed by atoms with E-state index in [0.717, 1.165) is 16.5 Å². The van der Waals surface area contributed by atoms with Crippen LogP contribution in [0.4, 0.5) is 0 Å². The van der Waals surface area contributed by atoms with Crippen LogP contribution in [0.2, 0.25) is 5.32 Å². The summed E-state index contributed by atoms with van der Waals surface area (Å²) in [6, 6.07) is 9.57. The van der Waals surface area contributed by atoms with Gasteiger partial charge in [0.25, 0.3) is 0 Å². The minimum absolute atomic E-state index is 0.243. The fraction of sp³-hybridized carbons (Fsp3) is 0.182. The molecule has 0 amide bonds. The van der Waals surface area contributed by atoms with E-state index in [1.54, 1.807) is 0 Å². The van der Waals surface area contributed by atoms with Crippen LogP contribution in [0.3, 0.4) is 0 Å². The van der Waals surface area contributed by atoms with Gasteiger partial charge in [-0.1, -0.05) is 0 Å². The third-order valence-corrected chi connectivity index (χ3v) is 6.33. The molecule has 3 heteroatoms. The predicted molar refractivity (Wildman–Crippen MR) is 67.0 cm³/mol. The Bertz CT molecular complexity index is 384. The summed E-state index contributed by atoms with van der Waals surface area (Å²) in [6.07, 6.45) is 1.11. The normalized spacial score (nSPS) is 16.1. The second-order valence-corrected chi connectivity index (χ2v) is 6.65. The first-order valence-electron chi connectivity index (χ1n) is 4.40. The number of hydrogen-bond donors (Lipinski definition) is 0. The molecule has 0 radical (unpaired) electrons. The van der Waals surface area contributed by atoms with E-state index in [0.29, 0.717) is 15.0 Å². The predicted octanol–water partition coefficient (Wildman–Crippen LogP) is 3.04. The van der Waals surface area contributed by atoms with Gasteiger partial charge in [-0.15, -0.1) is 0 Å². The molecule has 1 heterocycles. The monoisotopic (exact) mass is 364 g/mol. The Morgan fingerprint density at radius 2 is 2.00 bits per heavy atom. The average molecular weight is 363 g/mol. The third-order valence-electron chi connectivity index (χ3n) is 2.06. The van der Waals surface area contributed by atoms with Crippen LogP contribution < -0.4 is 0 Å². The number of carbonyl (C=O) groups is 1. The first kappa shape index (κ1) is 10.4. The van der Waals surface area contributed by atoms with E-state index in [4.69, 9.17) is 0 Å². The molecule has 72 valence electrons. The Balaban J connectivity index is 2.29. The molecule has 1 aromatic carbocycles. The summed E-state index contributed by atoms with van der Waals surface area (Å²) in [5.41, 5.74) is 0.834. The Morgan fingerprint density at radius 3 is 2.57 bits per heavy atom. The molecule has 0 aliphatic carbocycles. The summed E-state index contributed by atoms with van der Waals surface area (Å²) in [4.78, 5) is 12.0. The average Bonchev–Trinajstić information content (AvgIpc) is 2.65. The van der Waals surface area contributed by atoms with Gasteiger partial charge in [0.1, 0.15) is 0 Å². The van der Waals surface area contributed by atoms with Crippen LogP contribution >= 0.6 is 22.6 Å². The van der Waals surface area contributed by atoms with Crippen molar-refractivity contribution in [1.82, 2.24) is 0 Å². The van der Waals surface area contributed by atoms with Crippen LogP contribution in [0.1, 0.15) is 16.8 Å². The summed E-state index contributed by atoms with van der Waals surface area (Å²) in [5.74, 6) is 0.243. The first-order chi connectivity index (χ1) is 6.79. The van der Waals surface area contributed by atoms with Gasteiger partial charge in [-0.25, -0.2) is 0 Å². The Labute approximate surface area is 103 Å². The summed E-state index contributed by atoms with van der Waals surface area (Å²) in [5, 5.41) is 1.19. The molecule has 0 aromatic heterocycles. The molecule has 0 saturated heterocycles. The quantitative estimate of drug-likeness (QED) is 0.449. The van der Waals surface area contributed by atoms with Crippen LogP contribution in [0, 0.1) is 0 Å². The number of benzene rings is 1. The molecular weight excluding hydrogens is 354 g/mol. The molecule has 0 fully saturated rings. The molecule has 14 heavy (non-hydrogen) atoms. The number of Topliss-reactive ketones (excluding diaryl/α,β-unsaturated/α-hetero) is 1. The van der Waals surface area contributed by atoms with Crippen molar-refractivity contribution in [3.05, 3.63) is 43.9 Å². The molecule has 1 aromatic rings. The van der Waals surface area contributed by atoms with Gasteiger partial charge < -0.3 is 0 Å². The summed E-state index contributed by atoms with van der Waals surface area (Å²) in [7, 11) is 0. The van der Waals surface area contributed by atoms with Gasteiger partial charge in [0, 0.05) is 0 Å². The molecule has 0 unspecified atom stereocenters. The molecule has 1 aliphatic heterocycles. The number of rotatable bonds is 2. The summed E-state index contributed by atoms with van der Waals surface area (Å²) < 4.78 is 2.36. The van der Waals surface area contributed by atoms with Crippen molar-refractivity contribution in [1.29, 1.82) is 0 Å². The molecule has 0 spiro atoms. The maximum atomic E-state index is 12.0.